The fourth-order valence-corrected chi connectivity index (χ4v) is 2.61. The molecule has 0 aliphatic rings. The highest BCUT2D eigenvalue weighted by atomic mass is 35.5. The molecule has 2 rings (SSSR count). The number of nitrogens with two attached hydrogens (primary N) is 1. The fraction of sp³-hybridized carbons (Fsp3) is 0.438. The monoisotopic (exact) mass is 307 g/mol. The summed E-state index contributed by atoms with van der Waals surface area (Å²) in [6, 6.07) is 5.98. The maximum Gasteiger partial charge on any atom is 0.131 e. The van der Waals surface area contributed by atoms with Crippen molar-refractivity contribution in [1.82, 2.24) is 9.78 Å². The van der Waals surface area contributed by atoms with Crippen LogP contribution in [0.4, 0.5) is 0 Å². The van der Waals surface area contributed by atoms with Crippen LogP contribution in [0.15, 0.2) is 18.2 Å². The van der Waals surface area contributed by atoms with Gasteiger partial charge in [-0.05, 0) is 31.9 Å². The molecule has 114 valence electrons. The van der Waals surface area contributed by atoms with Crippen LogP contribution in [0, 0.1) is 6.92 Å². The Kier molecular flexibility index (Phi) is 4.91. The Hall–Kier alpha value is -1.52. The van der Waals surface area contributed by atoms with E-state index in [1.807, 2.05) is 46.0 Å². The van der Waals surface area contributed by atoms with Crippen molar-refractivity contribution in [2.24, 2.45) is 12.8 Å². The summed E-state index contributed by atoms with van der Waals surface area (Å²) in [5.41, 5.74) is 9.91. The lowest BCUT2D eigenvalue weighted by Gasteiger charge is -2.15. The molecule has 0 unspecified atom stereocenters. The lowest BCUT2D eigenvalue weighted by molar-refractivity contribution is 0.290. The number of nitrogens with zero attached hydrogens (tertiary/aromatic N) is 2. The second-order valence-corrected chi connectivity index (χ2v) is 5.68. The van der Waals surface area contributed by atoms with Crippen LogP contribution in [0.25, 0.3) is 0 Å². The molecule has 0 amide bonds. The molecule has 2 N–H and O–H groups in total. The molecule has 5 heteroatoms. The Morgan fingerprint density at radius 2 is 2.14 bits per heavy atom. The van der Waals surface area contributed by atoms with Gasteiger partial charge in [0.15, 0.2) is 0 Å². The molecule has 1 aromatic carbocycles. The van der Waals surface area contributed by atoms with Crippen molar-refractivity contribution >= 4 is 11.6 Å². The Balaban J connectivity index is 2.24. The third-order valence-corrected chi connectivity index (χ3v) is 3.96. The van der Waals surface area contributed by atoms with Crippen LogP contribution in [0.2, 0.25) is 5.02 Å². The van der Waals surface area contributed by atoms with Crippen LogP contribution in [-0.2, 0) is 20.1 Å². The van der Waals surface area contributed by atoms with Crippen LogP contribution in [0.1, 0.15) is 42.4 Å². The van der Waals surface area contributed by atoms with Crippen molar-refractivity contribution in [3.8, 4) is 5.75 Å². The molecular formula is C16H22ClN3O. The average Bonchev–Trinajstić information content (AvgIpc) is 2.71. The molecular weight excluding hydrogens is 286 g/mol. The summed E-state index contributed by atoms with van der Waals surface area (Å²) >= 11 is 6.34. The third kappa shape index (κ3) is 3.39. The van der Waals surface area contributed by atoms with Gasteiger partial charge in [-0.1, -0.05) is 30.7 Å². The van der Waals surface area contributed by atoms with E-state index >= 15 is 0 Å². The first-order valence-corrected chi connectivity index (χ1v) is 7.51. The maximum atomic E-state index is 6.34. The lowest BCUT2D eigenvalue weighted by Crippen LogP contribution is -2.09. The van der Waals surface area contributed by atoms with Gasteiger partial charge >= 0.3 is 0 Å². The summed E-state index contributed by atoms with van der Waals surface area (Å²) < 4.78 is 7.74. The predicted molar refractivity (Wildman–Crippen MR) is 85.7 cm³/mol. The Morgan fingerprint density at radius 1 is 1.43 bits per heavy atom. The van der Waals surface area contributed by atoms with Crippen molar-refractivity contribution in [1.29, 1.82) is 0 Å². The van der Waals surface area contributed by atoms with Crippen molar-refractivity contribution in [2.75, 3.05) is 0 Å². The Morgan fingerprint density at radius 3 is 2.71 bits per heavy atom. The number of ether oxygens (including phenoxy) is 1. The molecule has 0 saturated carbocycles. The van der Waals surface area contributed by atoms with Crippen LogP contribution in [0.5, 0.6) is 5.75 Å². The van der Waals surface area contributed by atoms with Crippen molar-refractivity contribution in [3.05, 3.63) is 45.7 Å². The van der Waals surface area contributed by atoms with E-state index in [0.717, 1.165) is 34.7 Å². The smallest absolute Gasteiger partial charge is 0.131 e. The van der Waals surface area contributed by atoms with Crippen LogP contribution in [0.3, 0.4) is 0 Å². The van der Waals surface area contributed by atoms with Gasteiger partial charge in [-0.15, -0.1) is 0 Å². The number of benzene rings is 1. The zero-order chi connectivity index (χ0) is 15.6. The molecule has 1 atom stereocenters. The van der Waals surface area contributed by atoms with E-state index in [9.17, 15) is 0 Å². The van der Waals surface area contributed by atoms with E-state index in [1.165, 1.54) is 0 Å². The Bertz CT molecular complexity index is 635. The highest BCUT2D eigenvalue weighted by Gasteiger charge is 2.15. The van der Waals surface area contributed by atoms with E-state index in [1.54, 1.807) is 4.68 Å². The zero-order valence-electron chi connectivity index (χ0n) is 13.0. The molecule has 21 heavy (non-hydrogen) atoms. The van der Waals surface area contributed by atoms with E-state index < -0.39 is 0 Å². The van der Waals surface area contributed by atoms with Gasteiger partial charge in [-0.25, -0.2) is 0 Å². The number of rotatable bonds is 5. The van der Waals surface area contributed by atoms with Gasteiger partial charge in [0.2, 0.25) is 0 Å². The molecule has 0 aliphatic heterocycles. The van der Waals surface area contributed by atoms with Gasteiger partial charge < -0.3 is 10.5 Å². The minimum absolute atomic E-state index is 0.0752. The molecule has 1 heterocycles. The number of halogens is 1. The molecule has 0 fully saturated rings. The van der Waals surface area contributed by atoms with E-state index in [2.05, 4.69) is 5.10 Å². The van der Waals surface area contributed by atoms with Crippen molar-refractivity contribution in [2.45, 2.75) is 39.8 Å². The first-order chi connectivity index (χ1) is 9.93. The number of hydrogen-bond acceptors (Lipinski definition) is 3. The second-order valence-electron chi connectivity index (χ2n) is 5.30. The molecule has 0 radical (unpaired) electrons. The van der Waals surface area contributed by atoms with Gasteiger partial charge in [-0.3, -0.25) is 4.68 Å². The molecule has 0 spiro atoms. The summed E-state index contributed by atoms with van der Waals surface area (Å²) in [7, 11) is 1.88. The van der Waals surface area contributed by atoms with Crippen LogP contribution < -0.4 is 10.5 Å². The summed E-state index contributed by atoms with van der Waals surface area (Å²) in [5, 5.41) is 5.09. The summed E-state index contributed by atoms with van der Waals surface area (Å²) in [5.74, 6) is 0.806. The van der Waals surface area contributed by atoms with E-state index in [-0.39, 0.29) is 6.04 Å². The largest absolute Gasteiger partial charge is 0.487 e. The van der Waals surface area contributed by atoms with Gasteiger partial charge in [0.05, 0.1) is 16.4 Å². The van der Waals surface area contributed by atoms with E-state index in [0.29, 0.717) is 11.6 Å². The fourth-order valence-electron chi connectivity index (χ4n) is 2.27. The van der Waals surface area contributed by atoms with Crippen LogP contribution >= 0.6 is 11.6 Å². The highest BCUT2D eigenvalue weighted by Crippen LogP contribution is 2.28. The minimum Gasteiger partial charge on any atom is -0.487 e. The van der Waals surface area contributed by atoms with Gasteiger partial charge in [0, 0.05) is 18.7 Å². The first kappa shape index (κ1) is 15.9. The average molecular weight is 308 g/mol. The second kappa shape index (κ2) is 6.50. The predicted octanol–water partition coefficient (Wildman–Crippen LogP) is 3.54. The molecule has 4 nitrogen and oxygen atoms in total. The SMILES string of the molecule is CCc1nn(C)c(COc2cc(C)ccc2[C@@H](C)N)c1Cl. The standard InChI is InChI=1S/C16H22ClN3O/c1-5-13-16(17)14(20(4)19-13)9-21-15-8-10(2)6-7-12(15)11(3)18/h6-8,11H,5,9,18H2,1-4H3/t11-/m1/s1. The molecule has 2 aromatic rings. The highest BCUT2D eigenvalue weighted by molar-refractivity contribution is 6.31. The zero-order valence-corrected chi connectivity index (χ0v) is 13.7. The van der Waals surface area contributed by atoms with Gasteiger partial charge in [0.1, 0.15) is 12.4 Å². The number of aromatic nitrogens is 2. The molecule has 0 saturated heterocycles. The van der Waals surface area contributed by atoms with Crippen molar-refractivity contribution in [3.63, 3.8) is 0 Å². The van der Waals surface area contributed by atoms with Gasteiger partial charge in [0.25, 0.3) is 0 Å². The van der Waals surface area contributed by atoms with Crippen molar-refractivity contribution < 1.29 is 4.74 Å². The molecule has 0 bridgehead atoms. The maximum absolute atomic E-state index is 6.34. The normalized spacial score (nSPS) is 12.5. The summed E-state index contributed by atoms with van der Waals surface area (Å²) in [4.78, 5) is 0. The topological polar surface area (TPSA) is 53.1 Å². The quantitative estimate of drug-likeness (QED) is 0.919. The number of aryl methyl sites for hydroxylation is 3. The summed E-state index contributed by atoms with van der Waals surface area (Å²) in [6.07, 6.45) is 0.808. The lowest BCUT2D eigenvalue weighted by atomic mass is 10.1. The third-order valence-electron chi connectivity index (χ3n) is 3.53. The number of hydrogen-bond donors (Lipinski definition) is 1. The van der Waals surface area contributed by atoms with E-state index in [4.69, 9.17) is 22.1 Å². The minimum atomic E-state index is -0.0752. The summed E-state index contributed by atoms with van der Waals surface area (Å²) in [6.45, 7) is 6.40. The Labute approximate surface area is 130 Å². The molecule has 1 aromatic heterocycles. The van der Waals surface area contributed by atoms with Gasteiger partial charge in [-0.2, -0.15) is 5.10 Å². The first-order valence-electron chi connectivity index (χ1n) is 7.13. The van der Waals surface area contributed by atoms with Crippen LogP contribution in [-0.4, -0.2) is 9.78 Å². The molecule has 0 aliphatic carbocycles.